The summed E-state index contributed by atoms with van der Waals surface area (Å²) in [6, 6.07) is 8.27. The number of aldehydes is 1. The maximum Gasteiger partial charge on any atom is 0.151 e. The first-order valence-corrected chi connectivity index (χ1v) is 7.65. The molecule has 0 saturated heterocycles. The summed E-state index contributed by atoms with van der Waals surface area (Å²) in [5.41, 5.74) is 0.946. The van der Waals surface area contributed by atoms with Crippen LogP contribution >= 0.6 is 11.3 Å². The molecule has 0 N–H and O–H groups in total. The molecule has 1 saturated carbocycles. The Kier molecular flexibility index (Phi) is 3.46. The van der Waals surface area contributed by atoms with Crippen molar-refractivity contribution >= 4 is 27.7 Å². The van der Waals surface area contributed by atoms with Crippen molar-refractivity contribution < 1.29 is 4.79 Å². The molecule has 1 aliphatic rings. The van der Waals surface area contributed by atoms with Crippen molar-refractivity contribution in [2.45, 2.75) is 38.5 Å². The molecule has 94 valence electrons. The quantitative estimate of drug-likeness (QED) is 0.720. The number of thiophene rings is 1. The van der Waals surface area contributed by atoms with Crippen molar-refractivity contribution in [2.75, 3.05) is 0 Å². The third-order valence-electron chi connectivity index (χ3n) is 4.03. The van der Waals surface area contributed by atoms with Gasteiger partial charge in [-0.25, -0.2) is 0 Å². The molecule has 1 aliphatic carbocycles. The van der Waals surface area contributed by atoms with Gasteiger partial charge in [0.1, 0.15) is 0 Å². The van der Waals surface area contributed by atoms with E-state index < -0.39 is 0 Å². The van der Waals surface area contributed by atoms with Crippen LogP contribution in [0.4, 0.5) is 0 Å². The minimum atomic E-state index is 0.797. The lowest BCUT2D eigenvalue weighted by Gasteiger charge is -2.20. The van der Waals surface area contributed by atoms with Crippen LogP contribution in [-0.2, 0) is 6.42 Å². The number of hydrogen-bond acceptors (Lipinski definition) is 2. The Bertz CT molecular complexity index is 549. The van der Waals surface area contributed by atoms with E-state index in [4.69, 9.17) is 0 Å². The van der Waals surface area contributed by atoms with Crippen LogP contribution in [0.1, 0.15) is 47.3 Å². The van der Waals surface area contributed by atoms with Gasteiger partial charge in [0.2, 0.25) is 0 Å². The van der Waals surface area contributed by atoms with Crippen LogP contribution in [0.2, 0.25) is 0 Å². The topological polar surface area (TPSA) is 17.1 Å². The van der Waals surface area contributed by atoms with E-state index >= 15 is 0 Å². The van der Waals surface area contributed by atoms with Crippen LogP contribution in [-0.4, -0.2) is 6.29 Å². The highest BCUT2D eigenvalue weighted by molar-refractivity contribution is 7.19. The van der Waals surface area contributed by atoms with Gasteiger partial charge in [-0.05, 0) is 18.4 Å². The average molecular weight is 258 g/mol. The van der Waals surface area contributed by atoms with Gasteiger partial charge in [0.25, 0.3) is 0 Å². The predicted molar refractivity (Wildman–Crippen MR) is 77.5 cm³/mol. The van der Waals surface area contributed by atoms with Gasteiger partial charge in [-0.15, -0.1) is 11.3 Å². The molecule has 0 atom stereocenters. The summed E-state index contributed by atoms with van der Waals surface area (Å²) in [5, 5.41) is 1.14. The normalized spacial score (nSPS) is 17.1. The molecule has 0 unspecified atom stereocenters. The molecule has 0 bridgehead atoms. The maximum absolute atomic E-state index is 11.4. The van der Waals surface area contributed by atoms with Crippen LogP contribution in [0, 0.1) is 5.92 Å². The Morgan fingerprint density at radius 3 is 2.72 bits per heavy atom. The van der Waals surface area contributed by atoms with E-state index in [0.717, 1.165) is 29.6 Å². The summed E-state index contributed by atoms with van der Waals surface area (Å²) in [4.78, 5) is 12.7. The van der Waals surface area contributed by atoms with Gasteiger partial charge in [0.05, 0.1) is 0 Å². The molecule has 1 aromatic heterocycles. The van der Waals surface area contributed by atoms with Gasteiger partial charge in [-0.2, -0.15) is 0 Å². The summed E-state index contributed by atoms with van der Waals surface area (Å²) >= 11 is 1.81. The van der Waals surface area contributed by atoms with Crippen molar-refractivity contribution in [3.05, 3.63) is 34.7 Å². The van der Waals surface area contributed by atoms with Crippen molar-refractivity contribution in [3.8, 4) is 0 Å². The van der Waals surface area contributed by atoms with E-state index in [1.807, 2.05) is 17.4 Å². The lowest BCUT2D eigenvalue weighted by atomic mass is 9.86. The van der Waals surface area contributed by atoms with E-state index in [2.05, 4.69) is 18.2 Å². The van der Waals surface area contributed by atoms with E-state index in [1.165, 1.54) is 41.7 Å². The second-order valence-electron chi connectivity index (χ2n) is 5.26. The summed E-state index contributed by atoms with van der Waals surface area (Å²) in [6.07, 6.45) is 8.96. The van der Waals surface area contributed by atoms with Crippen molar-refractivity contribution in [1.29, 1.82) is 0 Å². The van der Waals surface area contributed by atoms with Crippen molar-refractivity contribution in [1.82, 2.24) is 0 Å². The highest BCUT2D eigenvalue weighted by Gasteiger charge is 2.18. The lowest BCUT2D eigenvalue weighted by Crippen LogP contribution is -2.09. The fourth-order valence-corrected chi connectivity index (χ4v) is 4.34. The lowest BCUT2D eigenvalue weighted by molar-refractivity contribution is 0.112. The maximum atomic E-state index is 11.4. The van der Waals surface area contributed by atoms with E-state index in [1.54, 1.807) is 0 Å². The Morgan fingerprint density at radius 2 is 1.94 bits per heavy atom. The van der Waals surface area contributed by atoms with Gasteiger partial charge >= 0.3 is 0 Å². The van der Waals surface area contributed by atoms with Crippen LogP contribution in [0.25, 0.3) is 10.1 Å². The largest absolute Gasteiger partial charge is 0.298 e. The molecule has 0 amide bonds. The Labute approximate surface area is 112 Å². The highest BCUT2D eigenvalue weighted by atomic mass is 32.1. The predicted octanol–water partition coefficient (Wildman–Crippen LogP) is 4.84. The molecule has 0 radical (unpaired) electrons. The molecule has 2 heteroatoms. The van der Waals surface area contributed by atoms with Gasteiger partial charge in [0.15, 0.2) is 6.29 Å². The number of benzene rings is 1. The minimum Gasteiger partial charge on any atom is -0.298 e. The zero-order valence-electron chi connectivity index (χ0n) is 10.5. The molecule has 1 aromatic carbocycles. The zero-order valence-corrected chi connectivity index (χ0v) is 11.3. The van der Waals surface area contributed by atoms with Gasteiger partial charge in [0, 0.05) is 20.5 Å². The Morgan fingerprint density at radius 1 is 1.17 bits per heavy atom. The van der Waals surface area contributed by atoms with Gasteiger partial charge in [-0.3, -0.25) is 4.79 Å². The first-order valence-electron chi connectivity index (χ1n) is 6.84. The average Bonchev–Trinajstić information content (AvgIpc) is 2.77. The Balaban J connectivity index is 1.92. The molecule has 18 heavy (non-hydrogen) atoms. The molecule has 1 heterocycles. The van der Waals surface area contributed by atoms with E-state index in [0.29, 0.717) is 0 Å². The smallest absolute Gasteiger partial charge is 0.151 e. The molecule has 0 spiro atoms. The van der Waals surface area contributed by atoms with Crippen LogP contribution < -0.4 is 0 Å². The second-order valence-corrected chi connectivity index (χ2v) is 6.40. The number of rotatable bonds is 3. The molecule has 1 nitrogen and oxygen atoms in total. The van der Waals surface area contributed by atoms with Gasteiger partial charge < -0.3 is 0 Å². The monoisotopic (exact) mass is 258 g/mol. The van der Waals surface area contributed by atoms with Crippen LogP contribution in [0.15, 0.2) is 24.3 Å². The van der Waals surface area contributed by atoms with Crippen LogP contribution in [0.3, 0.4) is 0 Å². The van der Waals surface area contributed by atoms with Crippen molar-refractivity contribution in [2.24, 2.45) is 5.92 Å². The highest BCUT2D eigenvalue weighted by Crippen LogP contribution is 2.35. The molecular weight excluding hydrogens is 240 g/mol. The van der Waals surface area contributed by atoms with Crippen LogP contribution in [0.5, 0.6) is 0 Å². The fourth-order valence-electron chi connectivity index (χ4n) is 3.05. The zero-order chi connectivity index (χ0) is 12.4. The molecule has 3 rings (SSSR count). The van der Waals surface area contributed by atoms with Gasteiger partial charge in [-0.1, -0.05) is 50.3 Å². The third kappa shape index (κ3) is 2.22. The summed E-state index contributed by atoms with van der Waals surface area (Å²) < 4.78 is 1.26. The molecule has 0 aliphatic heterocycles. The Hall–Kier alpha value is -1.15. The number of carbonyl (C=O) groups is 1. The fraction of sp³-hybridized carbons (Fsp3) is 0.438. The summed E-state index contributed by atoms with van der Waals surface area (Å²) in [6.45, 7) is 0. The SMILES string of the molecule is O=Cc1c(CC2CCCCC2)sc2ccccc12. The molecule has 2 aromatic rings. The minimum absolute atomic E-state index is 0.797. The third-order valence-corrected chi connectivity index (χ3v) is 5.24. The molecular formula is C16H18OS. The second kappa shape index (κ2) is 5.23. The standard InChI is InChI=1S/C16H18OS/c17-11-14-13-8-4-5-9-15(13)18-16(14)10-12-6-2-1-3-7-12/h4-5,8-9,11-12H,1-3,6-7,10H2. The van der Waals surface area contributed by atoms with E-state index in [-0.39, 0.29) is 0 Å². The summed E-state index contributed by atoms with van der Waals surface area (Å²) in [7, 11) is 0. The first kappa shape index (κ1) is 11.9. The number of carbonyl (C=O) groups excluding carboxylic acids is 1. The summed E-state index contributed by atoms with van der Waals surface area (Å²) in [5.74, 6) is 0.797. The van der Waals surface area contributed by atoms with Crippen molar-refractivity contribution in [3.63, 3.8) is 0 Å². The van der Waals surface area contributed by atoms with E-state index in [9.17, 15) is 4.79 Å². The number of hydrogen-bond donors (Lipinski definition) is 0. The number of fused-ring (bicyclic) bond motifs is 1. The first-order chi connectivity index (χ1) is 8.88. The molecule has 1 fully saturated rings.